The lowest BCUT2D eigenvalue weighted by Crippen LogP contribution is -2.20. The molecule has 1 N–H and O–H groups in total. The van der Waals surface area contributed by atoms with Gasteiger partial charge in [-0.3, -0.25) is 4.79 Å². The number of fused-ring (bicyclic) bond motifs is 1. The first kappa shape index (κ1) is 33.0. The minimum Gasteiger partial charge on any atom is -0.478 e. The number of hydrogen-bond acceptors (Lipinski definition) is 2. The van der Waals surface area contributed by atoms with Crippen molar-refractivity contribution in [2.75, 3.05) is 11.9 Å². The predicted molar refractivity (Wildman–Crippen MR) is 185 cm³/mol. The van der Waals surface area contributed by atoms with Crippen LogP contribution in [0.5, 0.6) is 0 Å². The third-order valence-electron chi connectivity index (χ3n) is 8.93. The monoisotopic (exact) mass is 609 g/mol. The number of benzene rings is 3. The lowest BCUT2D eigenvalue weighted by molar-refractivity contribution is -0.133. The molecule has 1 amide bonds. The van der Waals surface area contributed by atoms with E-state index in [-0.39, 0.29) is 11.8 Å². The Morgan fingerprint density at radius 3 is 2.23 bits per heavy atom. The van der Waals surface area contributed by atoms with Gasteiger partial charge in [0, 0.05) is 29.3 Å². The number of carbonyl (C=O) groups excluding carboxylic acids is 1. The van der Waals surface area contributed by atoms with Gasteiger partial charge in [-0.1, -0.05) is 106 Å². The molecule has 44 heavy (non-hydrogen) atoms. The zero-order valence-corrected chi connectivity index (χ0v) is 27.5. The molecule has 0 radical (unpaired) electrons. The third kappa shape index (κ3) is 6.76. The van der Waals surface area contributed by atoms with Gasteiger partial charge in [0.25, 0.3) is 5.91 Å². The Morgan fingerprint density at radius 1 is 1.02 bits per heavy atom. The van der Waals surface area contributed by atoms with Crippen LogP contribution in [0.15, 0.2) is 90.0 Å². The quantitative estimate of drug-likeness (QED) is 0.194. The van der Waals surface area contributed by atoms with Gasteiger partial charge in [0.05, 0.1) is 10.7 Å². The maximum atomic E-state index is 13.3. The van der Waals surface area contributed by atoms with E-state index in [0.29, 0.717) is 28.5 Å². The van der Waals surface area contributed by atoms with Crippen molar-refractivity contribution in [1.29, 1.82) is 0 Å². The molecule has 5 rings (SSSR count). The van der Waals surface area contributed by atoms with E-state index in [1.165, 1.54) is 36.0 Å². The normalized spacial score (nSPS) is 16.8. The number of anilines is 1. The third-order valence-corrected chi connectivity index (χ3v) is 9.24. The smallest absolute Gasteiger partial charge is 0.331 e. The van der Waals surface area contributed by atoms with E-state index in [9.17, 15) is 14.7 Å². The highest BCUT2D eigenvalue weighted by Crippen LogP contribution is 2.44. The van der Waals surface area contributed by atoms with Crippen molar-refractivity contribution >= 4 is 34.7 Å². The Morgan fingerprint density at radius 2 is 1.66 bits per heavy atom. The first-order valence-electron chi connectivity index (χ1n) is 15.8. The van der Waals surface area contributed by atoms with Crippen LogP contribution in [0.25, 0.3) is 27.8 Å². The van der Waals surface area contributed by atoms with Crippen LogP contribution >= 0.6 is 11.6 Å². The van der Waals surface area contributed by atoms with E-state index in [0.717, 1.165) is 34.4 Å². The molecule has 1 heterocycles. The van der Waals surface area contributed by atoms with Crippen LogP contribution in [0.4, 0.5) is 5.69 Å². The molecule has 1 fully saturated rings. The molecule has 0 saturated heterocycles. The Hall–Kier alpha value is -3.89. The van der Waals surface area contributed by atoms with Crippen molar-refractivity contribution in [1.82, 2.24) is 0 Å². The topological polar surface area (TPSA) is 57.6 Å². The summed E-state index contributed by atoms with van der Waals surface area (Å²) in [5, 5.41) is 10.3. The molecule has 2 aliphatic rings. The largest absolute Gasteiger partial charge is 0.478 e. The van der Waals surface area contributed by atoms with Gasteiger partial charge in [-0.2, -0.15) is 0 Å². The van der Waals surface area contributed by atoms with Crippen LogP contribution in [0.1, 0.15) is 83.8 Å². The molecule has 1 unspecified atom stereocenters. The number of halogens is 1. The average Bonchev–Trinajstić information content (AvgIpc) is 3.24. The fourth-order valence-electron chi connectivity index (χ4n) is 5.86. The molecule has 0 bridgehead atoms. The SMILES string of the molecule is C/C=C(\C=C(\C(=O)O)C(C)CC)C/C=C1\C(=O)N(C)c2cc(Cl)c(-c3ccc(-c4ccccc4C4CCC4)cc3)cc21.CC. The number of carbonyl (C=O) groups is 2. The van der Waals surface area contributed by atoms with Gasteiger partial charge in [0.15, 0.2) is 0 Å². The minimum atomic E-state index is -0.907. The number of hydrogen-bond donors (Lipinski definition) is 1. The average molecular weight is 610 g/mol. The van der Waals surface area contributed by atoms with Gasteiger partial charge in [-0.25, -0.2) is 4.79 Å². The summed E-state index contributed by atoms with van der Waals surface area (Å²) in [6.45, 7) is 9.79. The highest BCUT2D eigenvalue weighted by molar-refractivity contribution is 6.37. The summed E-state index contributed by atoms with van der Waals surface area (Å²) in [5.41, 5.74) is 9.23. The first-order valence-corrected chi connectivity index (χ1v) is 16.2. The van der Waals surface area contributed by atoms with E-state index < -0.39 is 5.97 Å². The molecule has 0 aromatic heterocycles. The molecule has 1 aliphatic carbocycles. The summed E-state index contributed by atoms with van der Waals surface area (Å²) in [4.78, 5) is 26.8. The molecule has 0 spiro atoms. The van der Waals surface area contributed by atoms with Gasteiger partial charge >= 0.3 is 5.97 Å². The van der Waals surface area contributed by atoms with Crippen molar-refractivity contribution in [3.05, 3.63) is 106 Å². The molecule has 230 valence electrons. The van der Waals surface area contributed by atoms with Crippen LogP contribution in [0.3, 0.4) is 0 Å². The number of amides is 1. The van der Waals surface area contributed by atoms with E-state index in [1.807, 2.05) is 58.9 Å². The van der Waals surface area contributed by atoms with Crippen LogP contribution in [0, 0.1) is 5.92 Å². The van der Waals surface area contributed by atoms with Crippen molar-refractivity contribution in [3.8, 4) is 22.3 Å². The van der Waals surface area contributed by atoms with Crippen molar-refractivity contribution in [3.63, 3.8) is 0 Å². The maximum Gasteiger partial charge on any atom is 0.331 e. The molecule has 1 saturated carbocycles. The highest BCUT2D eigenvalue weighted by atomic mass is 35.5. The number of likely N-dealkylation sites (N-methyl/N-ethyl adjacent to an activating group) is 1. The Kier molecular flexibility index (Phi) is 11.0. The van der Waals surface area contributed by atoms with Crippen LogP contribution in [0.2, 0.25) is 5.02 Å². The van der Waals surface area contributed by atoms with Gasteiger partial charge in [0.2, 0.25) is 0 Å². The van der Waals surface area contributed by atoms with Crippen molar-refractivity contribution in [2.24, 2.45) is 5.92 Å². The molecule has 1 atom stereocenters. The molecule has 4 nitrogen and oxygen atoms in total. The number of carboxylic acids is 1. The maximum absolute atomic E-state index is 13.3. The lowest BCUT2D eigenvalue weighted by Gasteiger charge is -2.28. The van der Waals surface area contributed by atoms with E-state index in [2.05, 4.69) is 48.5 Å². The summed E-state index contributed by atoms with van der Waals surface area (Å²) in [5.74, 6) is -0.417. The molecular weight excluding hydrogens is 566 g/mol. The summed E-state index contributed by atoms with van der Waals surface area (Å²) in [7, 11) is 1.76. The zero-order valence-electron chi connectivity index (χ0n) is 26.8. The van der Waals surface area contributed by atoms with Crippen LogP contribution in [-0.4, -0.2) is 24.0 Å². The second-order valence-corrected chi connectivity index (χ2v) is 11.8. The molecule has 1 aliphatic heterocycles. The van der Waals surface area contributed by atoms with E-state index in [4.69, 9.17) is 11.6 Å². The lowest BCUT2D eigenvalue weighted by atomic mass is 9.77. The van der Waals surface area contributed by atoms with Gasteiger partial charge in [-0.05, 0) is 90.5 Å². The first-order chi connectivity index (χ1) is 21.2. The van der Waals surface area contributed by atoms with E-state index in [1.54, 1.807) is 18.0 Å². The second kappa shape index (κ2) is 14.7. The summed E-state index contributed by atoms with van der Waals surface area (Å²) < 4.78 is 0. The fourth-order valence-corrected chi connectivity index (χ4v) is 6.13. The number of nitrogens with zero attached hydrogens (tertiary/aromatic N) is 1. The Balaban J connectivity index is 0.00000216. The minimum absolute atomic E-state index is 0.0622. The second-order valence-electron chi connectivity index (χ2n) is 11.4. The van der Waals surface area contributed by atoms with E-state index >= 15 is 0 Å². The van der Waals surface area contributed by atoms with Gasteiger partial charge in [0.1, 0.15) is 0 Å². The number of allylic oxidation sites excluding steroid dienone is 4. The number of carboxylic acid groups (broad SMARTS) is 1. The molecule has 5 heteroatoms. The Bertz CT molecular complexity index is 1610. The standard InChI is InChI=1S/C37H38ClNO3.C2H6/c1-5-23(3)31(37(41)42)20-24(6-2)14-19-30-33-21-32(34(38)22-35(33)39(4)36(30)40)27-17-15-26(16-18-27)29-13-8-7-12-28(29)25-10-9-11-25;1-2/h6-8,12-13,15-23,25H,5,9-11,14H2,1-4H3,(H,41,42);1-2H3/b24-6-,30-19-,31-20+;. The number of aliphatic carboxylic acids is 1. The number of rotatable bonds is 9. The fraction of sp³-hybridized carbons (Fsp3) is 0.333. The highest BCUT2D eigenvalue weighted by Gasteiger charge is 2.31. The Labute approximate surface area is 267 Å². The predicted octanol–water partition coefficient (Wildman–Crippen LogP) is 10.7. The van der Waals surface area contributed by atoms with Gasteiger partial charge < -0.3 is 10.0 Å². The summed E-state index contributed by atoms with van der Waals surface area (Å²) >= 11 is 6.80. The molecule has 3 aromatic carbocycles. The van der Waals surface area contributed by atoms with Crippen LogP contribution < -0.4 is 4.90 Å². The zero-order chi connectivity index (χ0) is 32.0. The van der Waals surface area contributed by atoms with Crippen molar-refractivity contribution < 1.29 is 14.7 Å². The summed E-state index contributed by atoms with van der Waals surface area (Å²) in [6.07, 6.45) is 10.6. The van der Waals surface area contributed by atoms with Crippen molar-refractivity contribution in [2.45, 2.75) is 72.6 Å². The molecule has 3 aromatic rings. The van der Waals surface area contributed by atoms with Crippen LogP contribution in [-0.2, 0) is 9.59 Å². The summed E-state index contributed by atoms with van der Waals surface area (Å²) in [6, 6.07) is 21.1. The van der Waals surface area contributed by atoms with Gasteiger partial charge in [-0.15, -0.1) is 0 Å². The molecular formula is C39H44ClNO3.